The first-order valence-electron chi connectivity index (χ1n) is 5.52. The Morgan fingerprint density at radius 1 is 1.06 bits per heavy atom. The van der Waals surface area contributed by atoms with Crippen molar-refractivity contribution < 1.29 is 4.39 Å². The van der Waals surface area contributed by atoms with Crippen molar-refractivity contribution in [1.82, 2.24) is 0 Å². The van der Waals surface area contributed by atoms with Crippen molar-refractivity contribution in [1.29, 1.82) is 5.53 Å². The van der Waals surface area contributed by atoms with Gasteiger partial charge in [-0.15, -0.1) is 0 Å². The fourth-order valence-electron chi connectivity index (χ4n) is 1.63. The van der Waals surface area contributed by atoms with E-state index in [0.717, 1.165) is 20.9 Å². The van der Waals surface area contributed by atoms with Gasteiger partial charge >= 0.3 is 0 Å². The van der Waals surface area contributed by atoms with Crippen molar-refractivity contribution in [3.63, 3.8) is 0 Å². The van der Waals surface area contributed by atoms with Crippen molar-refractivity contribution in [2.75, 3.05) is 0 Å². The summed E-state index contributed by atoms with van der Waals surface area (Å²) >= 11 is 1.59. The van der Waals surface area contributed by atoms with Crippen molar-refractivity contribution in [2.45, 2.75) is 23.6 Å². The Morgan fingerprint density at radius 3 is 2.33 bits per heavy atom. The van der Waals surface area contributed by atoms with Gasteiger partial charge in [0.25, 0.3) is 0 Å². The zero-order valence-electron chi connectivity index (χ0n) is 10.2. The molecule has 0 radical (unpaired) electrons. The fraction of sp³-hybridized carbons (Fsp3) is 0.143. The van der Waals surface area contributed by atoms with Crippen LogP contribution in [0.4, 0.5) is 10.1 Å². The molecule has 2 nitrogen and oxygen atoms in total. The first-order valence-corrected chi connectivity index (χ1v) is 6.34. The molecule has 0 saturated carbocycles. The van der Waals surface area contributed by atoms with E-state index in [1.165, 1.54) is 12.1 Å². The van der Waals surface area contributed by atoms with Gasteiger partial charge in [0.1, 0.15) is 5.82 Å². The molecule has 0 unspecified atom stereocenters. The summed E-state index contributed by atoms with van der Waals surface area (Å²) in [6.45, 7) is 3.92. The van der Waals surface area contributed by atoms with E-state index in [1.807, 2.05) is 26.0 Å². The summed E-state index contributed by atoms with van der Waals surface area (Å²) in [5, 5.41) is 3.48. The molecule has 0 amide bonds. The Morgan fingerprint density at radius 2 is 1.72 bits per heavy atom. The van der Waals surface area contributed by atoms with Crippen molar-refractivity contribution in [3.8, 4) is 0 Å². The maximum absolute atomic E-state index is 12.8. The summed E-state index contributed by atoms with van der Waals surface area (Å²) in [5.74, 6) is -0.226. The summed E-state index contributed by atoms with van der Waals surface area (Å²) in [6.07, 6.45) is 0. The van der Waals surface area contributed by atoms with Gasteiger partial charge in [0.2, 0.25) is 0 Å². The highest BCUT2D eigenvalue weighted by Crippen LogP contribution is 2.34. The second-order valence-electron chi connectivity index (χ2n) is 4.07. The van der Waals surface area contributed by atoms with Crippen LogP contribution in [0.2, 0.25) is 0 Å². The quantitative estimate of drug-likeness (QED) is 0.751. The largest absolute Gasteiger partial charge is 0.207 e. The molecule has 92 valence electrons. The molecule has 1 N–H and O–H groups in total. The lowest BCUT2D eigenvalue weighted by molar-refractivity contribution is 0.626. The molecule has 18 heavy (non-hydrogen) atoms. The second kappa shape index (κ2) is 5.31. The maximum atomic E-state index is 12.8. The first kappa shape index (κ1) is 12.8. The number of hydrogen-bond acceptors (Lipinski definition) is 3. The molecule has 0 aliphatic carbocycles. The monoisotopic (exact) mass is 260 g/mol. The second-order valence-corrected chi connectivity index (χ2v) is 5.19. The highest BCUT2D eigenvalue weighted by Gasteiger charge is 2.06. The van der Waals surface area contributed by atoms with Gasteiger partial charge in [-0.2, -0.15) is 5.11 Å². The summed E-state index contributed by atoms with van der Waals surface area (Å²) < 4.78 is 12.8. The van der Waals surface area contributed by atoms with Crippen LogP contribution >= 0.6 is 11.8 Å². The van der Waals surface area contributed by atoms with Crippen LogP contribution in [0.3, 0.4) is 0 Å². The molecule has 0 fully saturated rings. The Bertz CT molecular complexity index is 579. The number of benzene rings is 2. The van der Waals surface area contributed by atoms with E-state index in [2.05, 4.69) is 5.11 Å². The van der Waals surface area contributed by atoms with Crippen LogP contribution in [0.15, 0.2) is 51.3 Å². The zero-order valence-corrected chi connectivity index (χ0v) is 11.0. The summed E-state index contributed by atoms with van der Waals surface area (Å²) in [7, 11) is 0. The van der Waals surface area contributed by atoms with Crippen LogP contribution in [-0.2, 0) is 0 Å². The Labute approximate surface area is 110 Å². The molecule has 0 aliphatic rings. The van der Waals surface area contributed by atoms with Gasteiger partial charge in [-0.05, 0) is 61.4 Å². The van der Waals surface area contributed by atoms with Crippen LogP contribution in [0.1, 0.15) is 11.1 Å². The van der Waals surface area contributed by atoms with Gasteiger partial charge in [0, 0.05) is 9.79 Å². The minimum atomic E-state index is -0.226. The molecular formula is C14H13FN2S. The summed E-state index contributed by atoms with van der Waals surface area (Å²) in [4.78, 5) is 2.10. The standard InChI is InChI=1S/C14H13FN2S/c1-9-8-14(10(2)7-13(9)17-16)18-12-5-3-11(15)4-6-12/h3-8,16H,1-2H3. The molecule has 2 aromatic carbocycles. The molecule has 4 heteroatoms. The van der Waals surface area contributed by atoms with Crippen LogP contribution in [0, 0.1) is 25.2 Å². The highest BCUT2D eigenvalue weighted by molar-refractivity contribution is 7.99. The van der Waals surface area contributed by atoms with E-state index >= 15 is 0 Å². The fourth-order valence-corrected chi connectivity index (χ4v) is 2.62. The maximum Gasteiger partial charge on any atom is 0.123 e. The van der Waals surface area contributed by atoms with Gasteiger partial charge in [-0.25, -0.2) is 9.92 Å². The van der Waals surface area contributed by atoms with E-state index in [-0.39, 0.29) is 5.82 Å². The number of aryl methyl sites for hydroxylation is 2. The van der Waals surface area contributed by atoms with E-state index in [4.69, 9.17) is 5.53 Å². The third-order valence-corrected chi connectivity index (χ3v) is 3.82. The highest BCUT2D eigenvalue weighted by atomic mass is 32.2. The average molecular weight is 260 g/mol. The number of nitrogens with one attached hydrogen (secondary N) is 1. The normalized spacial score (nSPS) is 10.4. The van der Waals surface area contributed by atoms with Gasteiger partial charge in [-0.1, -0.05) is 11.8 Å². The molecule has 0 atom stereocenters. The minimum absolute atomic E-state index is 0.226. The van der Waals surface area contributed by atoms with E-state index in [9.17, 15) is 4.39 Å². The van der Waals surface area contributed by atoms with Crippen LogP contribution in [-0.4, -0.2) is 0 Å². The molecule has 0 saturated heterocycles. The predicted octanol–water partition coefficient (Wildman–Crippen LogP) is 5.26. The topological polar surface area (TPSA) is 36.2 Å². The lowest BCUT2D eigenvalue weighted by atomic mass is 10.1. The molecular weight excluding hydrogens is 247 g/mol. The van der Waals surface area contributed by atoms with Gasteiger partial charge in [-0.3, -0.25) is 0 Å². The van der Waals surface area contributed by atoms with Crippen LogP contribution in [0.5, 0.6) is 0 Å². The van der Waals surface area contributed by atoms with E-state index in [1.54, 1.807) is 23.9 Å². The molecule has 0 aromatic heterocycles. The van der Waals surface area contributed by atoms with Crippen LogP contribution in [0.25, 0.3) is 0 Å². The smallest absolute Gasteiger partial charge is 0.123 e. The zero-order chi connectivity index (χ0) is 13.1. The minimum Gasteiger partial charge on any atom is -0.207 e. The lowest BCUT2D eigenvalue weighted by Crippen LogP contribution is -1.84. The molecule has 0 spiro atoms. The molecule has 2 aromatic rings. The van der Waals surface area contributed by atoms with Crippen LogP contribution < -0.4 is 0 Å². The van der Waals surface area contributed by atoms with Gasteiger partial charge in [0.05, 0.1) is 5.69 Å². The Kier molecular flexibility index (Phi) is 3.77. The SMILES string of the molecule is Cc1cc(Sc2ccc(F)cc2)c(C)cc1N=N. The molecule has 0 aliphatic heterocycles. The number of halogens is 1. The molecule has 2 rings (SSSR count). The molecule has 0 bridgehead atoms. The summed E-state index contributed by atoms with van der Waals surface area (Å²) in [5.41, 5.74) is 9.81. The lowest BCUT2D eigenvalue weighted by Gasteiger charge is -2.08. The number of nitrogens with zero attached hydrogens (tertiary/aromatic N) is 1. The van der Waals surface area contributed by atoms with E-state index < -0.39 is 0 Å². The van der Waals surface area contributed by atoms with Crippen molar-refractivity contribution in [2.24, 2.45) is 5.11 Å². The van der Waals surface area contributed by atoms with Gasteiger partial charge < -0.3 is 0 Å². The van der Waals surface area contributed by atoms with Crippen molar-refractivity contribution in [3.05, 3.63) is 53.3 Å². The molecule has 0 heterocycles. The first-order chi connectivity index (χ1) is 8.60. The third kappa shape index (κ3) is 2.76. The number of rotatable bonds is 3. The Balaban J connectivity index is 2.32. The number of hydrogen-bond donors (Lipinski definition) is 1. The van der Waals surface area contributed by atoms with E-state index in [0.29, 0.717) is 5.69 Å². The Hall–Kier alpha value is -1.68. The predicted molar refractivity (Wildman–Crippen MR) is 71.2 cm³/mol. The van der Waals surface area contributed by atoms with Crippen molar-refractivity contribution >= 4 is 17.4 Å². The average Bonchev–Trinajstić information content (AvgIpc) is 2.36. The summed E-state index contributed by atoms with van der Waals surface area (Å²) in [6, 6.07) is 10.3. The van der Waals surface area contributed by atoms with Gasteiger partial charge in [0.15, 0.2) is 0 Å². The third-order valence-electron chi connectivity index (χ3n) is 2.66.